The maximum atomic E-state index is 13.3. The van der Waals surface area contributed by atoms with Crippen LogP contribution in [0.1, 0.15) is 25.8 Å². The van der Waals surface area contributed by atoms with E-state index in [2.05, 4.69) is 5.32 Å². The zero-order valence-corrected chi connectivity index (χ0v) is 19.8. The highest BCUT2D eigenvalue weighted by molar-refractivity contribution is 7.92. The number of halogens is 2. The fourth-order valence-electron chi connectivity index (χ4n) is 2.99. The van der Waals surface area contributed by atoms with Crippen LogP contribution in [0.2, 0.25) is 5.02 Å². The summed E-state index contributed by atoms with van der Waals surface area (Å²) in [5.74, 6) is -1.45. The van der Waals surface area contributed by atoms with Crippen molar-refractivity contribution in [1.82, 2.24) is 10.2 Å². The summed E-state index contributed by atoms with van der Waals surface area (Å²) in [6, 6.07) is 10.7. The molecule has 1 unspecified atom stereocenters. The molecule has 0 saturated carbocycles. The minimum absolute atomic E-state index is 0.0811. The first kappa shape index (κ1) is 25.6. The Morgan fingerprint density at radius 1 is 1.09 bits per heavy atom. The molecule has 0 aliphatic carbocycles. The molecule has 0 aliphatic heterocycles. The molecule has 0 fully saturated rings. The highest BCUT2D eigenvalue weighted by atomic mass is 35.5. The molecular weight excluding hydrogens is 457 g/mol. The van der Waals surface area contributed by atoms with Gasteiger partial charge >= 0.3 is 0 Å². The molecule has 0 bridgehead atoms. The highest BCUT2D eigenvalue weighted by Crippen LogP contribution is 2.20. The van der Waals surface area contributed by atoms with Crippen LogP contribution in [-0.2, 0) is 26.2 Å². The molecule has 7 nitrogen and oxygen atoms in total. The number of benzene rings is 2. The van der Waals surface area contributed by atoms with Crippen molar-refractivity contribution in [3.63, 3.8) is 0 Å². The van der Waals surface area contributed by atoms with Crippen LogP contribution in [0, 0.1) is 5.82 Å². The van der Waals surface area contributed by atoms with Gasteiger partial charge in [-0.05, 0) is 55.3 Å². The molecule has 10 heteroatoms. The number of amides is 2. The van der Waals surface area contributed by atoms with Gasteiger partial charge in [0.1, 0.15) is 18.4 Å². The van der Waals surface area contributed by atoms with Gasteiger partial charge in [-0.2, -0.15) is 0 Å². The second-order valence-corrected chi connectivity index (χ2v) is 9.70. The van der Waals surface area contributed by atoms with E-state index in [-0.39, 0.29) is 18.1 Å². The number of sulfonamides is 1. The minimum atomic E-state index is -3.85. The van der Waals surface area contributed by atoms with Gasteiger partial charge in [0.15, 0.2) is 0 Å². The maximum Gasteiger partial charge on any atom is 0.244 e. The first-order valence-electron chi connectivity index (χ1n) is 10.1. The first-order chi connectivity index (χ1) is 15.0. The largest absolute Gasteiger partial charge is 0.354 e. The summed E-state index contributed by atoms with van der Waals surface area (Å²) in [5, 5.41) is 3.28. The monoisotopic (exact) mass is 483 g/mol. The lowest BCUT2D eigenvalue weighted by atomic mass is 10.1. The summed E-state index contributed by atoms with van der Waals surface area (Å²) < 4.78 is 39.0. The number of carbonyl (C=O) groups excluding carboxylic acids is 2. The number of hydrogen-bond acceptors (Lipinski definition) is 4. The zero-order chi connectivity index (χ0) is 23.9. The molecule has 32 heavy (non-hydrogen) atoms. The van der Waals surface area contributed by atoms with E-state index in [4.69, 9.17) is 11.6 Å². The Balaban J connectivity index is 2.34. The summed E-state index contributed by atoms with van der Waals surface area (Å²) in [6.45, 7) is 3.49. The molecule has 2 aromatic carbocycles. The summed E-state index contributed by atoms with van der Waals surface area (Å²) in [7, 11) is -3.85. The summed E-state index contributed by atoms with van der Waals surface area (Å²) >= 11 is 5.93. The molecule has 0 spiro atoms. The van der Waals surface area contributed by atoms with Crippen LogP contribution in [0.3, 0.4) is 0 Å². The smallest absolute Gasteiger partial charge is 0.244 e. The number of anilines is 1. The molecule has 2 aromatic rings. The summed E-state index contributed by atoms with van der Waals surface area (Å²) in [4.78, 5) is 27.2. The van der Waals surface area contributed by atoms with Gasteiger partial charge in [-0.3, -0.25) is 13.9 Å². The molecule has 2 amide bonds. The number of hydrogen-bond donors (Lipinski definition) is 1. The second kappa shape index (κ2) is 11.3. The lowest BCUT2D eigenvalue weighted by molar-refractivity contribution is -0.139. The Bertz CT molecular complexity index is 1030. The lowest BCUT2D eigenvalue weighted by Crippen LogP contribution is -2.51. The molecule has 0 aromatic heterocycles. The molecule has 1 N–H and O–H groups in total. The Labute approximate surface area is 193 Å². The van der Waals surface area contributed by atoms with Crippen molar-refractivity contribution < 1.29 is 22.4 Å². The van der Waals surface area contributed by atoms with Gasteiger partial charge in [-0.1, -0.05) is 30.7 Å². The van der Waals surface area contributed by atoms with Crippen molar-refractivity contribution in [1.29, 1.82) is 0 Å². The molecule has 174 valence electrons. The summed E-state index contributed by atoms with van der Waals surface area (Å²) in [6.07, 6.45) is 1.70. The topological polar surface area (TPSA) is 86.8 Å². The molecule has 2 rings (SSSR count). The lowest BCUT2D eigenvalue weighted by Gasteiger charge is -2.31. The van der Waals surface area contributed by atoms with Crippen molar-refractivity contribution in [2.24, 2.45) is 0 Å². The number of carbonyl (C=O) groups is 2. The van der Waals surface area contributed by atoms with E-state index in [9.17, 15) is 22.4 Å². The van der Waals surface area contributed by atoms with Gasteiger partial charge in [0.25, 0.3) is 0 Å². The normalized spacial score (nSPS) is 12.2. The van der Waals surface area contributed by atoms with E-state index in [0.717, 1.165) is 34.7 Å². The van der Waals surface area contributed by atoms with Crippen LogP contribution >= 0.6 is 11.6 Å². The molecule has 0 aliphatic rings. The maximum absolute atomic E-state index is 13.3. The second-order valence-electron chi connectivity index (χ2n) is 7.36. The Morgan fingerprint density at radius 2 is 1.69 bits per heavy atom. The van der Waals surface area contributed by atoms with Crippen LogP contribution in [-0.4, -0.2) is 50.5 Å². The average Bonchev–Trinajstić information content (AvgIpc) is 2.74. The van der Waals surface area contributed by atoms with E-state index in [1.807, 2.05) is 6.92 Å². The van der Waals surface area contributed by atoms with Gasteiger partial charge in [-0.15, -0.1) is 0 Å². The quantitative estimate of drug-likeness (QED) is 0.562. The first-order valence-corrected chi connectivity index (χ1v) is 12.3. The van der Waals surface area contributed by atoms with Crippen molar-refractivity contribution in [3.05, 3.63) is 64.9 Å². The van der Waals surface area contributed by atoms with Crippen molar-refractivity contribution in [2.45, 2.75) is 32.9 Å². The molecule has 0 radical (unpaired) electrons. The van der Waals surface area contributed by atoms with E-state index in [1.54, 1.807) is 31.2 Å². The third-order valence-electron chi connectivity index (χ3n) is 4.78. The van der Waals surface area contributed by atoms with Crippen molar-refractivity contribution in [2.75, 3.05) is 23.7 Å². The predicted molar refractivity (Wildman–Crippen MR) is 123 cm³/mol. The van der Waals surface area contributed by atoms with Gasteiger partial charge < -0.3 is 10.2 Å². The Hall–Kier alpha value is -2.65. The van der Waals surface area contributed by atoms with Crippen molar-refractivity contribution >= 4 is 39.1 Å². The van der Waals surface area contributed by atoms with Crippen LogP contribution in [0.15, 0.2) is 48.5 Å². The van der Waals surface area contributed by atoms with E-state index in [1.165, 1.54) is 17.0 Å². The number of nitrogens with zero attached hydrogens (tertiary/aromatic N) is 2. The third-order valence-corrected chi connectivity index (χ3v) is 6.17. The SMILES string of the molecule is CCCNC(=O)C(C)N(Cc1ccc(Cl)cc1)C(=O)CN(c1ccc(F)cc1)S(C)(=O)=O. The zero-order valence-electron chi connectivity index (χ0n) is 18.2. The summed E-state index contributed by atoms with van der Waals surface area (Å²) in [5.41, 5.74) is 0.877. The fourth-order valence-corrected chi connectivity index (χ4v) is 3.96. The highest BCUT2D eigenvalue weighted by Gasteiger charge is 2.30. The van der Waals surface area contributed by atoms with Gasteiger partial charge in [0.05, 0.1) is 11.9 Å². The van der Waals surface area contributed by atoms with Crippen LogP contribution in [0.25, 0.3) is 0 Å². The predicted octanol–water partition coefficient (Wildman–Crippen LogP) is 3.19. The molecular formula is C22H27ClFN3O4S. The van der Waals surface area contributed by atoms with E-state index < -0.39 is 34.3 Å². The van der Waals surface area contributed by atoms with Crippen molar-refractivity contribution in [3.8, 4) is 0 Å². The average molecular weight is 484 g/mol. The van der Waals surface area contributed by atoms with Crippen LogP contribution < -0.4 is 9.62 Å². The van der Waals surface area contributed by atoms with Gasteiger partial charge in [0, 0.05) is 18.1 Å². The van der Waals surface area contributed by atoms with E-state index >= 15 is 0 Å². The van der Waals surface area contributed by atoms with Crippen LogP contribution in [0.5, 0.6) is 0 Å². The van der Waals surface area contributed by atoms with Crippen LogP contribution in [0.4, 0.5) is 10.1 Å². The van der Waals surface area contributed by atoms with Gasteiger partial charge in [-0.25, -0.2) is 12.8 Å². The van der Waals surface area contributed by atoms with E-state index in [0.29, 0.717) is 11.6 Å². The molecule has 1 atom stereocenters. The number of rotatable bonds is 10. The molecule has 0 heterocycles. The Morgan fingerprint density at radius 3 is 2.22 bits per heavy atom. The minimum Gasteiger partial charge on any atom is -0.354 e. The fraction of sp³-hybridized carbons (Fsp3) is 0.364. The number of nitrogens with one attached hydrogen (secondary N) is 1. The molecule has 0 saturated heterocycles. The standard InChI is InChI=1S/C22H27ClFN3O4S/c1-4-13-25-22(29)16(2)26(14-17-5-7-18(23)8-6-17)21(28)15-27(32(3,30)31)20-11-9-19(24)10-12-20/h5-12,16H,4,13-15H2,1-3H3,(H,25,29). The third kappa shape index (κ3) is 7.20. The Kier molecular flexibility index (Phi) is 9.03. The van der Waals surface area contributed by atoms with Gasteiger partial charge in [0.2, 0.25) is 21.8 Å².